The minimum atomic E-state index is -4.48. The van der Waals surface area contributed by atoms with Crippen molar-refractivity contribution in [3.63, 3.8) is 0 Å². The lowest BCUT2D eigenvalue weighted by Gasteiger charge is -2.15. The Morgan fingerprint density at radius 3 is 2.62 bits per heavy atom. The zero-order valence-electron chi connectivity index (χ0n) is 11.2. The highest BCUT2D eigenvalue weighted by Gasteiger charge is 2.31. The third kappa shape index (κ3) is 4.49. The standard InChI is InChI=1S/C13H15ClF3N3O/c14-10-7-9(13(15,16)17)8-11(19-10)18-4-3-12(21)20-5-1-2-6-20/h7-8H,1-6H2,(H,18,19). The van der Waals surface area contributed by atoms with Gasteiger partial charge < -0.3 is 10.2 Å². The van der Waals surface area contributed by atoms with E-state index in [9.17, 15) is 18.0 Å². The third-order valence-corrected chi connectivity index (χ3v) is 3.42. The normalized spacial score (nSPS) is 15.3. The highest BCUT2D eigenvalue weighted by atomic mass is 35.5. The molecule has 1 saturated heterocycles. The van der Waals surface area contributed by atoms with Gasteiger partial charge in [-0.1, -0.05) is 11.6 Å². The maximum absolute atomic E-state index is 12.6. The lowest BCUT2D eigenvalue weighted by Crippen LogP contribution is -2.29. The summed E-state index contributed by atoms with van der Waals surface area (Å²) in [7, 11) is 0. The van der Waals surface area contributed by atoms with E-state index in [2.05, 4.69) is 10.3 Å². The van der Waals surface area contributed by atoms with E-state index in [1.54, 1.807) is 4.90 Å². The van der Waals surface area contributed by atoms with Crippen LogP contribution in [0.4, 0.5) is 19.0 Å². The molecule has 1 amide bonds. The summed E-state index contributed by atoms with van der Waals surface area (Å²) in [4.78, 5) is 17.3. The smallest absolute Gasteiger partial charge is 0.369 e. The van der Waals surface area contributed by atoms with E-state index in [1.807, 2.05) is 0 Å². The number of pyridine rings is 1. The van der Waals surface area contributed by atoms with Gasteiger partial charge in [0.05, 0.1) is 5.56 Å². The summed E-state index contributed by atoms with van der Waals surface area (Å²) in [6, 6.07) is 1.65. The Balaban J connectivity index is 1.91. The topological polar surface area (TPSA) is 45.2 Å². The number of nitrogens with one attached hydrogen (secondary N) is 1. The van der Waals surface area contributed by atoms with Crippen LogP contribution in [0.15, 0.2) is 12.1 Å². The minimum Gasteiger partial charge on any atom is -0.369 e. The number of carbonyl (C=O) groups is 1. The second-order valence-electron chi connectivity index (χ2n) is 4.83. The molecule has 1 aromatic rings. The first kappa shape index (κ1) is 15.9. The Labute approximate surface area is 125 Å². The van der Waals surface area contributed by atoms with Gasteiger partial charge in [-0.3, -0.25) is 4.79 Å². The van der Waals surface area contributed by atoms with E-state index in [0.29, 0.717) is 0 Å². The molecule has 8 heteroatoms. The van der Waals surface area contributed by atoms with Gasteiger partial charge in [-0.2, -0.15) is 13.2 Å². The fourth-order valence-electron chi connectivity index (χ4n) is 2.17. The molecule has 1 aliphatic heterocycles. The number of hydrogen-bond donors (Lipinski definition) is 1. The predicted molar refractivity (Wildman–Crippen MR) is 73.2 cm³/mol. The van der Waals surface area contributed by atoms with Gasteiger partial charge in [0.15, 0.2) is 0 Å². The van der Waals surface area contributed by atoms with E-state index < -0.39 is 11.7 Å². The average molecular weight is 322 g/mol. The molecule has 1 N–H and O–H groups in total. The van der Waals surface area contributed by atoms with Crippen molar-refractivity contribution in [1.29, 1.82) is 0 Å². The molecule has 0 radical (unpaired) electrons. The molecular weight excluding hydrogens is 307 g/mol. The van der Waals surface area contributed by atoms with Crippen LogP contribution < -0.4 is 5.32 Å². The number of rotatable bonds is 4. The fourth-order valence-corrected chi connectivity index (χ4v) is 2.38. The van der Waals surface area contributed by atoms with Gasteiger partial charge in [0.25, 0.3) is 0 Å². The Hall–Kier alpha value is -1.50. The van der Waals surface area contributed by atoms with Crippen LogP contribution in [0.3, 0.4) is 0 Å². The molecule has 21 heavy (non-hydrogen) atoms. The van der Waals surface area contributed by atoms with Crippen molar-refractivity contribution < 1.29 is 18.0 Å². The summed E-state index contributed by atoms with van der Waals surface area (Å²) < 4.78 is 37.9. The van der Waals surface area contributed by atoms with Gasteiger partial charge in [0.2, 0.25) is 5.91 Å². The molecule has 2 rings (SSSR count). The van der Waals surface area contributed by atoms with Crippen molar-refractivity contribution in [3.8, 4) is 0 Å². The molecular formula is C13H15ClF3N3O. The van der Waals surface area contributed by atoms with Crippen LogP contribution in [0.1, 0.15) is 24.8 Å². The second kappa shape index (κ2) is 6.51. The van der Waals surface area contributed by atoms with Crippen molar-refractivity contribution in [1.82, 2.24) is 9.88 Å². The van der Waals surface area contributed by atoms with Gasteiger partial charge in [-0.15, -0.1) is 0 Å². The Morgan fingerprint density at radius 2 is 2.00 bits per heavy atom. The van der Waals surface area contributed by atoms with Crippen molar-refractivity contribution >= 4 is 23.3 Å². The Morgan fingerprint density at radius 1 is 1.33 bits per heavy atom. The number of amides is 1. The molecule has 1 fully saturated rings. The minimum absolute atomic E-state index is 0.00178. The first-order chi connectivity index (χ1) is 9.86. The fraction of sp³-hybridized carbons (Fsp3) is 0.538. The third-order valence-electron chi connectivity index (χ3n) is 3.23. The molecule has 0 atom stereocenters. The summed E-state index contributed by atoms with van der Waals surface area (Å²) in [6.07, 6.45) is -2.25. The van der Waals surface area contributed by atoms with Crippen molar-refractivity contribution in [3.05, 3.63) is 22.8 Å². The lowest BCUT2D eigenvalue weighted by molar-refractivity contribution is -0.137. The van der Waals surface area contributed by atoms with Gasteiger partial charge in [0.1, 0.15) is 11.0 Å². The number of halogens is 4. The molecule has 0 spiro atoms. The van der Waals surface area contributed by atoms with E-state index >= 15 is 0 Å². The Bertz CT molecular complexity index is 516. The zero-order chi connectivity index (χ0) is 15.5. The number of likely N-dealkylation sites (tertiary alicyclic amines) is 1. The molecule has 1 aromatic heterocycles. The van der Waals surface area contributed by atoms with Crippen LogP contribution >= 0.6 is 11.6 Å². The molecule has 0 unspecified atom stereocenters. The summed E-state index contributed by atoms with van der Waals surface area (Å²) in [5.74, 6) is 0.0159. The van der Waals surface area contributed by atoms with Crippen LogP contribution in [-0.2, 0) is 11.0 Å². The number of aromatic nitrogens is 1. The van der Waals surface area contributed by atoms with Crippen molar-refractivity contribution in [2.75, 3.05) is 25.0 Å². The van der Waals surface area contributed by atoms with Gasteiger partial charge >= 0.3 is 6.18 Å². The van der Waals surface area contributed by atoms with Crippen LogP contribution in [-0.4, -0.2) is 35.4 Å². The summed E-state index contributed by atoms with van der Waals surface area (Å²) in [5.41, 5.74) is -0.865. The van der Waals surface area contributed by atoms with Crippen LogP contribution in [0, 0.1) is 0 Å². The van der Waals surface area contributed by atoms with Crippen LogP contribution in [0.25, 0.3) is 0 Å². The molecule has 0 saturated carbocycles. The molecule has 1 aliphatic rings. The average Bonchev–Trinajstić information content (AvgIpc) is 2.90. The maximum atomic E-state index is 12.6. The van der Waals surface area contributed by atoms with Crippen molar-refractivity contribution in [2.24, 2.45) is 0 Å². The largest absolute Gasteiger partial charge is 0.416 e. The van der Waals surface area contributed by atoms with E-state index in [0.717, 1.165) is 38.1 Å². The molecule has 0 aromatic carbocycles. The number of anilines is 1. The van der Waals surface area contributed by atoms with Crippen molar-refractivity contribution in [2.45, 2.75) is 25.4 Å². The van der Waals surface area contributed by atoms with E-state index in [-0.39, 0.29) is 29.8 Å². The lowest BCUT2D eigenvalue weighted by atomic mass is 10.2. The number of hydrogen-bond acceptors (Lipinski definition) is 3. The first-order valence-corrected chi connectivity index (χ1v) is 7.00. The number of alkyl halides is 3. The second-order valence-corrected chi connectivity index (χ2v) is 5.21. The summed E-state index contributed by atoms with van der Waals surface area (Å²) in [6.45, 7) is 1.74. The van der Waals surface area contributed by atoms with E-state index in [1.165, 1.54) is 0 Å². The first-order valence-electron chi connectivity index (χ1n) is 6.63. The Kier molecular flexibility index (Phi) is 4.92. The molecule has 4 nitrogen and oxygen atoms in total. The maximum Gasteiger partial charge on any atom is 0.416 e. The van der Waals surface area contributed by atoms with Gasteiger partial charge in [-0.25, -0.2) is 4.98 Å². The molecule has 2 heterocycles. The van der Waals surface area contributed by atoms with Gasteiger partial charge in [-0.05, 0) is 25.0 Å². The quantitative estimate of drug-likeness (QED) is 0.866. The number of carbonyl (C=O) groups excluding carboxylic acids is 1. The molecule has 116 valence electrons. The highest BCUT2D eigenvalue weighted by Crippen LogP contribution is 2.31. The zero-order valence-corrected chi connectivity index (χ0v) is 12.0. The summed E-state index contributed by atoms with van der Waals surface area (Å²) >= 11 is 5.57. The predicted octanol–water partition coefficient (Wildman–Crippen LogP) is 3.18. The molecule has 0 bridgehead atoms. The summed E-state index contributed by atoms with van der Waals surface area (Å²) in [5, 5.41) is 2.47. The SMILES string of the molecule is O=C(CCNc1cc(C(F)(F)F)cc(Cl)n1)N1CCCC1. The van der Waals surface area contributed by atoms with Crippen LogP contribution in [0.2, 0.25) is 5.15 Å². The highest BCUT2D eigenvalue weighted by molar-refractivity contribution is 6.29. The van der Waals surface area contributed by atoms with E-state index in [4.69, 9.17) is 11.6 Å². The molecule has 0 aliphatic carbocycles. The number of nitrogens with zero attached hydrogens (tertiary/aromatic N) is 2. The van der Waals surface area contributed by atoms with Gasteiger partial charge in [0, 0.05) is 26.1 Å². The monoisotopic (exact) mass is 321 g/mol. The van der Waals surface area contributed by atoms with Crippen LogP contribution in [0.5, 0.6) is 0 Å².